The van der Waals surface area contributed by atoms with Crippen molar-refractivity contribution in [3.63, 3.8) is 0 Å². The lowest BCUT2D eigenvalue weighted by atomic mass is 9.82. The third kappa shape index (κ3) is 22.2. The van der Waals surface area contributed by atoms with Crippen LogP contribution in [0.1, 0.15) is 157 Å². The third-order valence-corrected chi connectivity index (χ3v) is 18.4. The van der Waals surface area contributed by atoms with Gasteiger partial charge in [-0.3, -0.25) is 33.6 Å². The number of nitrogens with zero attached hydrogens (tertiary/aromatic N) is 5. The highest BCUT2D eigenvalue weighted by Gasteiger charge is 2.48. The molecule has 17 nitrogen and oxygen atoms in total. The molecule has 3 N–H and O–H groups in total. The van der Waals surface area contributed by atoms with E-state index in [1.54, 1.807) is 27.7 Å². The molecule has 564 valence electrons. The molecule has 2 fully saturated rings. The Morgan fingerprint density at radius 2 is 0.970 bits per heavy atom. The van der Waals surface area contributed by atoms with Crippen LogP contribution in [0.3, 0.4) is 0 Å². The van der Waals surface area contributed by atoms with Gasteiger partial charge < -0.3 is 49.9 Å². The highest BCUT2D eigenvalue weighted by molar-refractivity contribution is 6.42. The lowest BCUT2D eigenvalue weighted by Gasteiger charge is -2.41. The summed E-state index contributed by atoms with van der Waals surface area (Å²) in [7, 11) is 0. The number of ether oxygens (including phenoxy) is 2. The lowest BCUT2D eigenvalue weighted by Crippen LogP contribution is -2.54. The molecule has 0 aromatic heterocycles. The van der Waals surface area contributed by atoms with Crippen LogP contribution in [-0.4, -0.2) is 169 Å². The molecule has 2 aliphatic carbocycles. The van der Waals surface area contributed by atoms with Crippen LogP contribution < -0.4 is 35.2 Å². The molecule has 0 atom stereocenters. The van der Waals surface area contributed by atoms with E-state index in [4.69, 9.17) is 32.7 Å². The van der Waals surface area contributed by atoms with Gasteiger partial charge in [0.05, 0.1) is 56.6 Å². The van der Waals surface area contributed by atoms with Crippen LogP contribution in [0.15, 0.2) is 42.5 Å². The first-order valence-corrected chi connectivity index (χ1v) is 33.2. The Labute approximate surface area is 582 Å². The molecular formula is C66H80Cl2F16N8O9. The van der Waals surface area contributed by atoms with Gasteiger partial charge in [0.1, 0.15) is 18.0 Å². The van der Waals surface area contributed by atoms with E-state index >= 15 is 0 Å². The number of anilines is 2. The van der Waals surface area contributed by atoms with Gasteiger partial charge in [0.25, 0.3) is 35.4 Å². The van der Waals surface area contributed by atoms with Gasteiger partial charge in [0.15, 0.2) is 11.2 Å². The van der Waals surface area contributed by atoms with E-state index in [2.05, 4.69) is 5.32 Å². The average Bonchev–Trinajstić information content (AvgIpc) is 0.749. The second kappa shape index (κ2) is 33.6. The van der Waals surface area contributed by atoms with Crippen LogP contribution in [0.5, 0.6) is 11.5 Å². The molecule has 3 aromatic rings. The first-order valence-electron chi connectivity index (χ1n) is 32.5. The van der Waals surface area contributed by atoms with Crippen molar-refractivity contribution >= 4 is 75.9 Å². The standard InChI is InChI=1S/C37H42Cl2F8N4O5.C29H38F8N4O4/c1-20(2)51(23-8-5-21(6-9-23)11-13-49(19-36(42,43)44)30(52)16-22-7-10-26(38)27(39)15-22)33(54)24-17-28-29(18-25(24)37(45,46)47)56-35(3,4)34(55)50(28)14-12-48-32(53)31(40)41;1-16(2)41(18-7-5-17(6-8-18)9-10-38-15-28(32,33)34)25(43)19-13-21-22(14-20(19)29(35,36)37)45-27(3,4)26(44)40(21)12-11-39-24(42)23(30)31/h7,10,15,17-18,20-21,23,31H,5-6,8-9,11-14,16,19H2,1-4H3,(H,48,53);13-14,16-18,23,38H,5-12,15H2,1-4H3,(H,39,42). The number of carbonyl (C=O) groups excluding carboxylic acids is 7. The summed E-state index contributed by atoms with van der Waals surface area (Å²) in [5, 5.41) is 6.63. The predicted octanol–water partition coefficient (Wildman–Crippen LogP) is 13.9. The molecule has 2 aliphatic heterocycles. The average molecular weight is 1500 g/mol. The fourth-order valence-corrected chi connectivity index (χ4v) is 13.2. The maximum Gasteiger partial charge on any atom is 0.417 e. The molecule has 0 unspecified atom stereocenters. The van der Waals surface area contributed by atoms with Crippen molar-refractivity contribution in [2.24, 2.45) is 11.8 Å². The zero-order chi connectivity index (χ0) is 75.8. The van der Waals surface area contributed by atoms with Gasteiger partial charge in [-0.1, -0.05) is 29.3 Å². The van der Waals surface area contributed by atoms with Gasteiger partial charge in [-0.05, 0) is 180 Å². The second-order valence-electron chi connectivity index (χ2n) is 26.7. The van der Waals surface area contributed by atoms with Crippen molar-refractivity contribution in [2.75, 3.05) is 62.2 Å². The highest BCUT2D eigenvalue weighted by Crippen LogP contribution is 2.47. The molecule has 0 radical (unpaired) electrons. The zero-order valence-electron chi connectivity index (χ0n) is 56.3. The number of rotatable bonds is 24. The van der Waals surface area contributed by atoms with Crippen molar-refractivity contribution < 1.29 is 113 Å². The smallest absolute Gasteiger partial charge is 0.417 e. The van der Waals surface area contributed by atoms with Crippen LogP contribution >= 0.6 is 23.2 Å². The van der Waals surface area contributed by atoms with Crippen LogP contribution in [-0.2, 0) is 42.7 Å². The predicted molar refractivity (Wildman–Crippen MR) is 340 cm³/mol. The Balaban J connectivity index is 0.000000326. The van der Waals surface area contributed by atoms with Crippen LogP contribution in [0.2, 0.25) is 10.0 Å². The van der Waals surface area contributed by atoms with Crippen molar-refractivity contribution in [3.05, 3.63) is 80.3 Å². The molecule has 3 aromatic carbocycles. The third-order valence-electron chi connectivity index (χ3n) is 17.7. The summed E-state index contributed by atoms with van der Waals surface area (Å²) in [4.78, 5) is 95.9. The summed E-state index contributed by atoms with van der Waals surface area (Å²) in [6, 6.07) is 5.26. The van der Waals surface area contributed by atoms with Crippen LogP contribution in [0.25, 0.3) is 0 Å². The zero-order valence-corrected chi connectivity index (χ0v) is 57.8. The number of carbonyl (C=O) groups is 7. The van der Waals surface area contributed by atoms with Crippen molar-refractivity contribution in [1.82, 2.24) is 30.7 Å². The van der Waals surface area contributed by atoms with Crippen LogP contribution in [0.4, 0.5) is 81.6 Å². The number of hydrogen-bond donors (Lipinski definition) is 3. The Morgan fingerprint density at radius 1 is 0.564 bits per heavy atom. The fraction of sp³-hybridized carbons (Fsp3) is 0.621. The van der Waals surface area contributed by atoms with Gasteiger partial charge in [-0.15, -0.1) is 0 Å². The Morgan fingerprint density at radius 3 is 1.33 bits per heavy atom. The highest BCUT2D eigenvalue weighted by atomic mass is 35.5. The first kappa shape index (κ1) is 82.9. The molecule has 101 heavy (non-hydrogen) atoms. The maximum atomic E-state index is 14.6. The number of benzene rings is 3. The normalized spacial score (nSPS) is 19.2. The molecule has 2 heterocycles. The molecule has 2 saturated carbocycles. The summed E-state index contributed by atoms with van der Waals surface area (Å²) in [5.41, 5.74) is -7.46. The second-order valence-corrected chi connectivity index (χ2v) is 27.5. The molecule has 7 amide bonds. The molecule has 4 aliphatic rings. The fourth-order valence-electron chi connectivity index (χ4n) is 12.9. The Bertz CT molecular complexity index is 3450. The minimum atomic E-state index is -5.05. The van der Waals surface area contributed by atoms with Gasteiger partial charge in [-0.25, -0.2) is 0 Å². The molecule has 7 rings (SSSR count). The number of fused-ring (bicyclic) bond motifs is 2. The van der Waals surface area contributed by atoms with Crippen LogP contribution in [0, 0.1) is 11.8 Å². The van der Waals surface area contributed by atoms with E-state index in [-0.39, 0.29) is 77.2 Å². The van der Waals surface area contributed by atoms with Crippen molar-refractivity contribution in [1.29, 1.82) is 0 Å². The number of amides is 7. The number of alkyl halides is 16. The molecule has 0 bridgehead atoms. The quantitative estimate of drug-likeness (QED) is 0.0575. The molecule has 0 saturated heterocycles. The monoisotopic (exact) mass is 1500 g/mol. The van der Waals surface area contributed by atoms with Gasteiger partial charge >= 0.3 is 37.6 Å². The Kier molecular flexibility index (Phi) is 27.6. The summed E-state index contributed by atoms with van der Waals surface area (Å²) < 4.78 is 227. The number of halogens is 18. The van der Waals surface area contributed by atoms with Gasteiger partial charge in [-0.2, -0.15) is 70.2 Å². The van der Waals surface area contributed by atoms with Crippen molar-refractivity contribution in [2.45, 2.75) is 199 Å². The maximum absolute atomic E-state index is 14.6. The minimum Gasteiger partial charge on any atom is -0.476 e. The van der Waals surface area contributed by atoms with E-state index in [1.165, 1.54) is 55.7 Å². The summed E-state index contributed by atoms with van der Waals surface area (Å²) in [6.07, 6.45) is -21.9. The SMILES string of the molecule is CC(C)N(C(=O)c1cc2c(cc1C(F)(F)F)OC(C)(C)C(=O)N2CCNC(=O)C(F)F)C1CCC(CCN(CC(F)(F)F)C(=O)Cc2ccc(Cl)c(Cl)c2)CC1.CC(C)N(C(=O)c1cc2c(cc1C(F)(F)F)OC(C)(C)C(=O)N2CCNC(=O)C(F)F)C1CCC(CCNCC(F)(F)F)CC1. The van der Waals surface area contributed by atoms with Gasteiger partial charge in [0, 0.05) is 56.9 Å². The number of hydrogen-bond acceptors (Lipinski definition) is 10. The van der Waals surface area contributed by atoms with E-state index in [9.17, 15) is 104 Å². The van der Waals surface area contributed by atoms with E-state index in [0.29, 0.717) is 75.5 Å². The molecular weight excluding hydrogens is 1420 g/mol. The number of nitrogens with one attached hydrogen (secondary N) is 3. The minimum absolute atomic E-state index is 0.0891. The molecule has 35 heteroatoms. The Hall–Kier alpha value is -7.03. The summed E-state index contributed by atoms with van der Waals surface area (Å²) in [6.45, 7) is 7.47. The van der Waals surface area contributed by atoms with Gasteiger partial charge in [0.2, 0.25) is 5.91 Å². The van der Waals surface area contributed by atoms with E-state index in [0.717, 1.165) is 26.8 Å². The topological polar surface area (TPSA) is 190 Å². The van der Waals surface area contributed by atoms with Crippen molar-refractivity contribution in [3.8, 4) is 11.5 Å². The first-order chi connectivity index (χ1) is 46.6. The molecule has 0 spiro atoms. The summed E-state index contributed by atoms with van der Waals surface area (Å²) >= 11 is 11.9. The van der Waals surface area contributed by atoms with E-state index in [1.807, 2.05) is 10.6 Å². The summed E-state index contributed by atoms with van der Waals surface area (Å²) in [5.74, 6) is -8.14. The largest absolute Gasteiger partial charge is 0.476 e. The van der Waals surface area contributed by atoms with E-state index < -0.39 is 169 Å². The lowest BCUT2D eigenvalue weighted by molar-refractivity contribution is -0.161.